The van der Waals surface area contributed by atoms with Crippen molar-refractivity contribution in [3.8, 4) is 0 Å². The van der Waals surface area contributed by atoms with Gasteiger partial charge in [0.15, 0.2) is 11.0 Å². The van der Waals surface area contributed by atoms with Gasteiger partial charge < -0.3 is 15.0 Å². The van der Waals surface area contributed by atoms with Crippen molar-refractivity contribution in [3.05, 3.63) is 11.5 Å². The summed E-state index contributed by atoms with van der Waals surface area (Å²) in [5.41, 5.74) is 0.739. The number of anilines is 2. The van der Waals surface area contributed by atoms with Crippen molar-refractivity contribution in [2.75, 3.05) is 56.6 Å². The molecule has 122 valence electrons. The lowest BCUT2D eigenvalue weighted by Crippen LogP contribution is -2.35. The first-order chi connectivity index (χ1) is 10.7. The third kappa shape index (κ3) is 4.20. The molecule has 0 spiro atoms. The molecule has 0 saturated carbocycles. The molecule has 0 bridgehead atoms. The SMILES string of the molecule is CCOC(=O)CN1CCCN(c2ncnc(Cl)c2NC)CC1. The molecule has 1 aromatic rings. The molecule has 0 amide bonds. The van der Waals surface area contributed by atoms with Gasteiger partial charge in [0, 0.05) is 33.2 Å². The van der Waals surface area contributed by atoms with Gasteiger partial charge >= 0.3 is 5.97 Å². The van der Waals surface area contributed by atoms with Gasteiger partial charge in [-0.05, 0) is 13.3 Å². The quantitative estimate of drug-likeness (QED) is 0.644. The minimum atomic E-state index is -0.169. The normalized spacial score (nSPS) is 16.2. The van der Waals surface area contributed by atoms with E-state index in [1.807, 2.05) is 6.92 Å². The van der Waals surface area contributed by atoms with Crippen molar-refractivity contribution in [1.82, 2.24) is 14.9 Å². The van der Waals surface area contributed by atoms with Gasteiger partial charge in [-0.1, -0.05) is 11.6 Å². The van der Waals surface area contributed by atoms with E-state index in [0.717, 1.165) is 44.1 Å². The first-order valence-corrected chi connectivity index (χ1v) is 7.84. The van der Waals surface area contributed by atoms with Crippen LogP contribution in [0.3, 0.4) is 0 Å². The van der Waals surface area contributed by atoms with Gasteiger partial charge in [-0.25, -0.2) is 9.97 Å². The van der Waals surface area contributed by atoms with Gasteiger partial charge in [0.25, 0.3) is 0 Å². The lowest BCUT2D eigenvalue weighted by molar-refractivity contribution is -0.144. The Hall–Kier alpha value is -1.60. The van der Waals surface area contributed by atoms with Gasteiger partial charge in [0.05, 0.1) is 13.2 Å². The fraction of sp³-hybridized carbons (Fsp3) is 0.643. The molecule has 8 heteroatoms. The van der Waals surface area contributed by atoms with E-state index in [1.165, 1.54) is 6.33 Å². The van der Waals surface area contributed by atoms with E-state index in [2.05, 4.69) is 25.1 Å². The topological polar surface area (TPSA) is 70.6 Å². The average molecular weight is 328 g/mol. The van der Waals surface area contributed by atoms with Crippen molar-refractivity contribution < 1.29 is 9.53 Å². The van der Waals surface area contributed by atoms with Gasteiger partial charge in [-0.2, -0.15) is 0 Å². The Morgan fingerprint density at radius 2 is 2.18 bits per heavy atom. The fourth-order valence-corrected chi connectivity index (χ4v) is 2.76. The maximum atomic E-state index is 11.6. The smallest absolute Gasteiger partial charge is 0.320 e. The molecule has 0 unspecified atom stereocenters. The summed E-state index contributed by atoms with van der Waals surface area (Å²) in [5.74, 6) is 0.637. The van der Waals surface area contributed by atoms with Crippen molar-refractivity contribution in [3.63, 3.8) is 0 Å². The van der Waals surface area contributed by atoms with Gasteiger partial charge in [-0.3, -0.25) is 9.69 Å². The number of nitrogens with one attached hydrogen (secondary N) is 1. The first-order valence-electron chi connectivity index (χ1n) is 7.46. The number of hydrogen-bond acceptors (Lipinski definition) is 7. The number of esters is 1. The van der Waals surface area contributed by atoms with Crippen molar-refractivity contribution in [2.24, 2.45) is 0 Å². The van der Waals surface area contributed by atoms with Crippen molar-refractivity contribution in [2.45, 2.75) is 13.3 Å². The molecular formula is C14H22ClN5O2. The van der Waals surface area contributed by atoms with E-state index in [1.54, 1.807) is 7.05 Å². The number of ether oxygens (including phenoxy) is 1. The Balaban J connectivity index is 2.01. The van der Waals surface area contributed by atoms with Gasteiger partial charge in [-0.15, -0.1) is 0 Å². The molecule has 7 nitrogen and oxygen atoms in total. The molecule has 0 radical (unpaired) electrons. The average Bonchev–Trinajstić information content (AvgIpc) is 2.72. The van der Waals surface area contributed by atoms with Crippen LogP contribution in [0.4, 0.5) is 11.5 Å². The second-order valence-electron chi connectivity index (χ2n) is 5.03. The molecule has 1 N–H and O–H groups in total. The van der Waals surface area contributed by atoms with E-state index in [0.29, 0.717) is 18.3 Å². The van der Waals surface area contributed by atoms with E-state index in [4.69, 9.17) is 16.3 Å². The van der Waals surface area contributed by atoms with Gasteiger partial charge in [0.2, 0.25) is 0 Å². The van der Waals surface area contributed by atoms with Crippen LogP contribution in [0.25, 0.3) is 0 Å². The largest absolute Gasteiger partial charge is 0.465 e. The third-order valence-electron chi connectivity index (χ3n) is 3.58. The number of hydrogen-bond donors (Lipinski definition) is 1. The molecule has 1 aromatic heterocycles. The van der Waals surface area contributed by atoms with Gasteiger partial charge in [0.1, 0.15) is 12.0 Å². The predicted octanol–water partition coefficient (Wildman–Crippen LogP) is 1.25. The second-order valence-corrected chi connectivity index (χ2v) is 5.39. The molecule has 0 aliphatic carbocycles. The van der Waals surface area contributed by atoms with Crippen LogP contribution in [0.5, 0.6) is 0 Å². The Kier molecular flexibility index (Phi) is 6.21. The zero-order valence-corrected chi connectivity index (χ0v) is 13.8. The molecule has 1 aliphatic heterocycles. The number of aromatic nitrogens is 2. The molecule has 1 aliphatic rings. The summed E-state index contributed by atoms with van der Waals surface area (Å²) in [4.78, 5) is 24.2. The van der Waals surface area contributed by atoms with Crippen LogP contribution < -0.4 is 10.2 Å². The maximum absolute atomic E-state index is 11.6. The first kappa shape index (κ1) is 16.8. The maximum Gasteiger partial charge on any atom is 0.320 e. The van der Waals surface area contributed by atoms with Crippen molar-refractivity contribution in [1.29, 1.82) is 0 Å². The highest BCUT2D eigenvalue weighted by atomic mass is 35.5. The molecule has 0 atom stereocenters. The summed E-state index contributed by atoms with van der Waals surface area (Å²) in [7, 11) is 1.80. The van der Waals surface area contributed by atoms with Crippen LogP contribution in [0.1, 0.15) is 13.3 Å². The van der Waals surface area contributed by atoms with Crippen LogP contribution >= 0.6 is 11.6 Å². The van der Waals surface area contributed by atoms with Crippen LogP contribution in [0.15, 0.2) is 6.33 Å². The Morgan fingerprint density at radius 3 is 2.91 bits per heavy atom. The lowest BCUT2D eigenvalue weighted by atomic mass is 10.3. The molecule has 1 fully saturated rings. The summed E-state index contributed by atoms with van der Waals surface area (Å²) in [6.07, 6.45) is 2.42. The molecule has 1 saturated heterocycles. The summed E-state index contributed by atoms with van der Waals surface area (Å²) < 4.78 is 5.01. The summed E-state index contributed by atoms with van der Waals surface area (Å²) in [5, 5.41) is 3.47. The molecule has 2 rings (SSSR count). The van der Waals surface area contributed by atoms with E-state index >= 15 is 0 Å². The number of halogens is 1. The molecule has 22 heavy (non-hydrogen) atoms. The highest BCUT2D eigenvalue weighted by Gasteiger charge is 2.21. The predicted molar refractivity (Wildman–Crippen MR) is 86.5 cm³/mol. The molecular weight excluding hydrogens is 306 g/mol. The van der Waals surface area contributed by atoms with Crippen LogP contribution in [0, 0.1) is 0 Å². The zero-order valence-electron chi connectivity index (χ0n) is 13.0. The minimum Gasteiger partial charge on any atom is -0.465 e. The standard InChI is InChI=1S/C14H22ClN5O2/c1-3-22-11(21)9-19-5-4-6-20(8-7-19)14-12(16-2)13(15)17-10-18-14/h10,16H,3-9H2,1-2H3. The summed E-state index contributed by atoms with van der Waals surface area (Å²) >= 11 is 6.11. The van der Waals surface area contributed by atoms with Crippen molar-refractivity contribution >= 4 is 29.1 Å². The van der Waals surface area contributed by atoms with E-state index in [-0.39, 0.29) is 5.97 Å². The Labute approximate surface area is 135 Å². The van der Waals surface area contributed by atoms with Crippen LogP contribution in [0.2, 0.25) is 5.15 Å². The summed E-state index contributed by atoms with van der Waals surface area (Å²) in [6.45, 7) is 5.87. The number of rotatable bonds is 5. The molecule has 2 heterocycles. The Morgan fingerprint density at radius 1 is 1.36 bits per heavy atom. The van der Waals surface area contributed by atoms with Crippen LogP contribution in [-0.2, 0) is 9.53 Å². The van der Waals surface area contributed by atoms with E-state index < -0.39 is 0 Å². The Bertz CT molecular complexity index is 514. The monoisotopic (exact) mass is 327 g/mol. The minimum absolute atomic E-state index is 0.169. The van der Waals surface area contributed by atoms with E-state index in [9.17, 15) is 4.79 Å². The molecule has 0 aromatic carbocycles. The second kappa shape index (κ2) is 8.14. The zero-order chi connectivity index (χ0) is 15.9. The third-order valence-corrected chi connectivity index (χ3v) is 3.86. The number of carbonyl (C=O) groups excluding carboxylic acids is 1. The highest BCUT2D eigenvalue weighted by molar-refractivity contribution is 6.32. The number of carbonyl (C=O) groups is 1. The van der Waals surface area contributed by atoms with Crippen LogP contribution in [-0.4, -0.2) is 67.2 Å². The lowest BCUT2D eigenvalue weighted by Gasteiger charge is -2.24. The highest BCUT2D eigenvalue weighted by Crippen LogP contribution is 2.29. The number of nitrogens with zero attached hydrogens (tertiary/aromatic N) is 4. The fourth-order valence-electron chi connectivity index (χ4n) is 2.54. The summed E-state index contributed by atoms with van der Waals surface area (Å²) in [6, 6.07) is 0.